The molecule has 0 saturated carbocycles. The number of nitrogens with zero attached hydrogens (tertiary/aromatic N) is 2. The smallest absolute Gasteiger partial charge is 0.335 e. The Morgan fingerprint density at radius 1 is 1.17 bits per heavy atom. The van der Waals surface area contributed by atoms with Gasteiger partial charge >= 0.3 is 11.7 Å². The number of ether oxygens (including phenoxy) is 1. The molecule has 0 aliphatic rings. The van der Waals surface area contributed by atoms with Crippen LogP contribution in [0.1, 0.15) is 16.1 Å². The molecule has 0 bridgehead atoms. The van der Waals surface area contributed by atoms with Gasteiger partial charge in [0, 0.05) is 11.6 Å². The Morgan fingerprint density at radius 2 is 1.97 bits per heavy atom. The molecular weight excluding hydrogens is 394 g/mol. The average Bonchev–Trinajstić information content (AvgIpc) is 3.21. The molecule has 0 atom stereocenters. The van der Waals surface area contributed by atoms with Gasteiger partial charge in [0.1, 0.15) is 11.5 Å². The van der Waals surface area contributed by atoms with Gasteiger partial charge in [-0.3, -0.25) is 14.9 Å². The van der Waals surface area contributed by atoms with E-state index in [-0.39, 0.29) is 17.0 Å². The lowest BCUT2D eigenvalue weighted by molar-refractivity contribution is -0.385. The predicted octanol–water partition coefficient (Wildman–Crippen LogP) is 3.08. The fourth-order valence-electron chi connectivity index (χ4n) is 2.46. The summed E-state index contributed by atoms with van der Waals surface area (Å²) >= 11 is 0. The third-order valence-electron chi connectivity index (χ3n) is 3.82. The summed E-state index contributed by atoms with van der Waals surface area (Å²) < 4.78 is 10.7. The zero-order chi connectivity index (χ0) is 21.5. The standard InChI is InChI=1S/C20H15N3O7/c24-19(12-29-18-7-2-1-6-16(18)23(27)28)22-21-11-15-8-9-17(30-15)13-4-3-5-14(10-13)20(25)26/h1-11H,12H2,(H,22,24)(H,25,26)/b21-11-. The Kier molecular flexibility index (Phi) is 6.18. The highest BCUT2D eigenvalue weighted by molar-refractivity contribution is 5.89. The minimum absolute atomic E-state index is 0.0269. The summed E-state index contributed by atoms with van der Waals surface area (Å²) in [5.74, 6) is -0.932. The lowest BCUT2D eigenvalue weighted by Crippen LogP contribution is -2.24. The molecule has 0 aliphatic heterocycles. The average molecular weight is 409 g/mol. The van der Waals surface area contributed by atoms with E-state index in [1.54, 1.807) is 30.3 Å². The number of furan rings is 1. The number of carbonyl (C=O) groups is 2. The van der Waals surface area contributed by atoms with Crippen molar-refractivity contribution in [3.63, 3.8) is 0 Å². The summed E-state index contributed by atoms with van der Waals surface area (Å²) in [5, 5.41) is 23.7. The van der Waals surface area contributed by atoms with E-state index < -0.39 is 23.4 Å². The molecule has 10 nitrogen and oxygen atoms in total. The zero-order valence-electron chi connectivity index (χ0n) is 15.3. The van der Waals surface area contributed by atoms with Gasteiger partial charge in [-0.2, -0.15) is 5.10 Å². The fraction of sp³-hybridized carbons (Fsp3) is 0.0500. The summed E-state index contributed by atoms with van der Waals surface area (Å²) in [6.07, 6.45) is 1.26. The van der Waals surface area contributed by atoms with Crippen molar-refractivity contribution in [2.45, 2.75) is 0 Å². The number of hydrogen-bond acceptors (Lipinski definition) is 7. The normalized spacial score (nSPS) is 10.7. The molecule has 3 aromatic rings. The number of rotatable bonds is 8. The van der Waals surface area contributed by atoms with E-state index in [9.17, 15) is 19.7 Å². The zero-order valence-corrected chi connectivity index (χ0v) is 15.3. The highest BCUT2D eigenvalue weighted by Gasteiger charge is 2.14. The molecule has 2 aromatic carbocycles. The molecule has 1 aromatic heterocycles. The van der Waals surface area contributed by atoms with Crippen LogP contribution in [0.5, 0.6) is 5.75 Å². The van der Waals surface area contributed by atoms with E-state index >= 15 is 0 Å². The first-order valence-electron chi connectivity index (χ1n) is 8.56. The SMILES string of the molecule is O=C(COc1ccccc1[N+](=O)[O-])N/N=C\c1ccc(-c2cccc(C(=O)O)c2)o1. The molecule has 0 aliphatic carbocycles. The summed E-state index contributed by atoms with van der Waals surface area (Å²) in [6.45, 7) is -0.465. The quantitative estimate of drug-likeness (QED) is 0.330. The number of aromatic carboxylic acids is 1. The number of para-hydroxylation sites is 2. The first kappa shape index (κ1) is 20.3. The highest BCUT2D eigenvalue weighted by atomic mass is 16.6. The van der Waals surface area contributed by atoms with Crippen molar-refractivity contribution in [3.8, 4) is 17.1 Å². The number of carboxylic acid groups (broad SMARTS) is 1. The molecule has 0 spiro atoms. The minimum Gasteiger partial charge on any atom is -0.478 e. The first-order valence-corrected chi connectivity index (χ1v) is 8.56. The third kappa shape index (κ3) is 5.07. The van der Waals surface area contributed by atoms with E-state index in [2.05, 4.69) is 10.5 Å². The van der Waals surface area contributed by atoms with Crippen LogP contribution in [0.3, 0.4) is 0 Å². The van der Waals surface area contributed by atoms with Crippen molar-refractivity contribution in [1.29, 1.82) is 0 Å². The van der Waals surface area contributed by atoms with E-state index in [1.165, 1.54) is 36.5 Å². The topological polar surface area (TPSA) is 144 Å². The van der Waals surface area contributed by atoms with Gasteiger partial charge < -0.3 is 14.3 Å². The van der Waals surface area contributed by atoms with Gasteiger partial charge in [0.15, 0.2) is 12.4 Å². The van der Waals surface area contributed by atoms with Crippen LogP contribution in [0.15, 0.2) is 70.2 Å². The summed E-state index contributed by atoms with van der Waals surface area (Å²) in [6, 6.07) is 15.2. The Bertz CT molecular complexity index is 1120. The van der Waals surface area contributed by atoms with Gasteiger partial charge in [-0.1, -0.05) is 24.3 Å². The molecule has 30 heavy (non-hydrogen) atoms. The number of hydrogen-bond donors (Lipinski definition) is 2. The number of amides is 1. The monoisotopic (exact) mass is 409 g/mol. The van der Waals surface area contributed by atoms with E-state index in [4.69, 9.17) is 14.3 Å². The number of carbonyl (C=O) groups excluding carboxylic acids is 1. The van der Waals surface area contributed by atoms with Crippen LogP contribution in [0.25, 0.3) is 11.3 Å². The second kappa shape index (κ2) is 9.15. The number of nitrogens with one attached hydrogen (secondary N) is 1. The minimum atomic E-state index is -1.05. The molecule has 0 fully saturated rings. The van der Waals surface area contributed by atoms with Crippen molar-refractivity contribution in [3.05, 3.63) is 82.1 Å². The lowest BCUT2D eigenvalue weighted by Gasteiger charge is -2.05. The van der Waals surface area contributed by atoms with Crippen LogP contribution in [0.4, 0.5) is 5.69 Å². The van der Waals surface area contributed by atoms with Crippen LogP contribution in [-0.4, -0.2) is 34.7 Å². The number of benzene rings is 2. The van der Waals surface area contributed by atoms with Crippen molar-refractivity contribution in [2.24, 2.45) is 5.10 Å². The van der Waals surface area contributed by atoms with Gasteiger partial charge in [0.05, 0.1) is 16.7 Å². The van der Waals surface area contributed by atoms with Gasteiger partial charge in [-0.25, -0.2) is 10.2 Å². The molecule has 2 N–H and O–H groups in total. The molecule has 0 saturated heterocycles. The maximum atomic E-state index is 11.8. The molecule has 1 heterocycles. The van der Waals surface area contributed by atoms with Crippen LogP contribution < -0.4 is 10.2 Å². The summed E-state index contributed by atoms with van der Waals surface area (Å²) in [5.41, 5.74) is 2.68. The van der Waals surface area contributed by atoms with Crippen LogP contribution >= 0.6 is 0 Å². The van der Waals surface area contributed by atoms with Crippen molar-refractivity contribution < 1.29 is 28.8 Å². The van der Waals surface area contributed by atoms with E-state index in [0.717, 1.165) is 0 Å². The van der Waals surface area contributed by atoms with Crippen molar-refractivity contribution in [2.75, 3.05) is 6.61 Å². The second-order valence-electron chi connectivity index (χ2n) is 5.89. The van der Waals surface area contributed by atoms with Gasteiger partial charge in [0.25, 0.3) is 5.91 Å². The Hall–Kier alpha value is -4.47. The van der Waals surface area contributed by atoms with Gasteiger partial charge in [-0.15, -0.1) is 0 Å². The van der Waals surface area contributed by atoms with Crippen LogP contribution in [0, 0.1) is 10.1 Å². The Labute approximate surface area is 169 Å². The lowest BCUT2D eigenvalue weighted by atomic mass is 10.1. The molecule has 10 heteroatoms. The number of nitro groups is 1. The number of hydrazone groups is 1. The van der Waals surface area contributed by atoms with Gasteiger partial charge in [-0.05, 0) is 30.3 Å². The molecular formula is C20H15N3O7. The molecule has 0 unspecified atom stereocenters. The molecule has 1 amide bonds. The summed E-state index contributed by atoms with van der Waals surface area (Å²) in [7, 11) is 0. The predicted molar refractivity (Wildman–Crippen MR) is 105 cm³/mol. The largest absolute Gasteiger partial charge is 0.478 e. The summed E-state index contributed by atoms with van der Waals surface area (Å²) in [4.78, 5) is 33.2. The number of nitro benzene ring substituents is 1. The van der Waals surface area contributed by atoms with E-state index in [0.29, 0.717) is 17.1 Å². The molecule has 3 rings (SSSR count). The number of carboxylic acids is 1. The van der Waals surface area contributed by atoms with Crippen LogP contribution in [-0.2, 0) is 4.79 Å². The third-order valence-corrected chi connectivity index (χ3v) is 3.82. The Balaban J connectivity index is 1.56. The maximum absolute atomic E-state index is 11.8. The maximum Gasteiger partial charge on any atom is 0.335 e. The van der Waals surface area contributed by atoms with Crippen LogP contribution in [0.2, 0.25) is 0 Å². The second-order valence-corrected chi connectivity index (χ2v) is 5.89. The van der Waals surface area contributed by atoms with Crippen molar-refractivity contribution in [1.82, 2.24) is 5.43 Å². The fourth-order valence-corrected chi connectivity index (χ4v) is 2.46. The van der Waals surface area contributed by atoms with Gasteiger partial charge in [0.2, 0.25) is 0 Å². The molecule has 0 radical (unpaired) electrons. The molecule has 152 valence electrons. The van der Waals surface area contributed by atoms with Crippen molar-refractivity contribution >= 4 is 23.8 Å². The Morgan fingerprint density at radius 3 is 2.73 bits per heavy atom. The van der Waals surface area contributed by atoms with E-state index in [1.807, 2.05) is 0 Å². The highest BCUT2D eigenvalue weighted by Crippen LogP contribution is 2.25. The first-order chi connectivity index (χ1) is 14.4.